The number of hydrogen-bond acceptors (Lipinski definition) is 3. The van der Waals surface area contributed by atoms with Gasteiger partial charge in [0.1, 0.15) is 0 Å². The Balaban J connectivity index is 2.83. The van der Waals surface area contributed by atoms with E-state index in [4.69, 9.17) is 0 Å². The number of halogens is 2. The molecular formula is C15H20F2N2O2. The fraction of sp³-hybridized carbons (Fsp3) is 0.467. The first-order chi connectivity index (χ1) is 9.90. The number of carbonyl (C=O) groups excluding carboxylic acids is 2. The highest BCUT2D eigenvalue weighted by atomic mass is 19.2. The van der Waals surface area contributed by atoms with E-state index in [0.717, 1.165) is 12.1 Å². The average Bonchev–Trinajstić information content (AvgIpc) is 2.46. The predicted molar refractivity (Wildman–Crippen MR) is 76.1 cm³/mol. The SMILES string of the molecule is CCNC(=O)CN(CC)C(C)C(=O)c1ccc(F)c(F)c1. The lowest BCUT2D eigenvalue weighted by molar-refractivity contribution is -0.122. The number of Topliss-reactive ketones (excluding diaryl/α,β-unsaturated/α-hetero) is 1. The molecule has 0 bridgehead atoms. The van der Waals surface area contributed by atoms with Crippen LogP contribution in [0.4, 0.5) is 8.78 Å². The Hall–Kier alpha value is -1.82. The second-order valence-corrected chi connectivity index (χ2v) is 4.69. The zero-order valence-corrected chi connectivity index (χ0v) is 12.5. The van der Waals surface area contributed by atoms with Crippen LogP contribution in [0, 0.1) is 11.6 Å². The molecule has 0 aliphatic carbocycles. The Morgan fingerprint density at radius 3 is 2.43 bits per heavy atom. The van der Waals surface area contributed by atoms with Crippen LogP contribution in [-0.4, -0.2) is 42.3 Å². The number of nitrogens with one attached hydrogen (secondary N) is 1. The van der Waals surface area contributed by atoms with Gasteiger partial charge in [0.05, 0.1) is 12.6 Å². The number of nitrogens with zero attached hydrogens (tertiary/aromatic N) is 1. The molecule has 116 valence electrons. The summed E-state index contributed by atoms with van der Waals surface area (Å²) in [6.45, 7) is 6.38. The van der Waals surface area contributed by atoms with E-state index in [1.807, 2.05) is 13.8 Å². The summed E-state index contributed by atoms with van der Waals surface area (Å²) in [5.41, 5.74) is 0.0933. The summed E-state index contributed by atoms with van der Waals surface area (Å²) in [5, 5.41) is 2.66. The number of ketones is 1. The molecule has 6 heteroatoms. The molecule has 0 radical (unpaired) electrons. The molecule has 0 heterocycles. The van der Waals surface area contributed by atoms with E-state index in [1.54, 1.807) is 11.8 Å². The summed E-state index contributed by atoms with van der Waals surface area (Å²) in [7, 11) is 0. The highest BCUT2D eigenvalue weighted by Gasteiger charge is 2.23. The van der Waals surface area contributed by atoms with Crippen molar-refractivity contribution in [3.8, 4) is 0 Å². The standard InChI is InChI=1S/C15H20F2N2O2/c1-4-18-14(20)9-19(5-2)10(3)15(21)11-6-7-12(16)13(17)8-11/h6-8,10H,4-5,9H2,1-3H3,(H,18,20). The van der Waals surface area contributed by atoms with Gasteiger partial charge in [-0.25, -0.2) is 8.78 Å². The average molecular weight is 298 g/mol. The lowest BCUT2D eigenvalue weighted by atomic mass is 10.0. The number of carbonyl (C=O) groups is 2. The minimum absolute atomic E-state index is 0.0842. The van der Waals surface area contributed by atoms with Crippen molar-refractivity contribution in [3.05, 3.63) is 35.4 Å². The van der Waals surface area contributed by atoms with Crippen molar-refractivity contribution in [2.45, 2.75) is 26.8 Å². The summed E-state index contributed by atoms with van der Waals surface area (Å²) < 4.78 is 26.1. The number of amides is 1. The third kappa shape index (κ3) is 4.60. The van der Waals surface area contributed by atoms with E-state index in [1.165, 1.54) is 6.07 Å². The molecule has 1 atom stereocenters. The monoisotopic (exact) mass is 298 g/mol. The molecule has 1 aromatic rings. The zero-order valence-electron chi connectivity index (χ0n) is 12.5. The Kier molecular flexibility index (Phi) is 6.42. The van der Waals surface area contributed by atoms with E-state index in [0.29, 0.717) is 13.1 Å². The molecule has 0 spiro atoms. The van der Waals surface area contributed by atoms with Gasteiger partial charge in [-0.15, -0.1) is 0 Å². The fourth-order valence-corrected chi connectivity index (χ4v) is 2.02. The van der Waals surface area contributed by atoms with Crippen molar-refractivity contribution < 1.29 is 18.4 Å². The van der Waals surface area contributed by atoms with Crippen molar-refractivity contribution in [1.82, 2.24) is 10.2 Å². The van der Waals surface area contributed by atoms with Crippen molar-refractivity contribution >= 4 is 11.7 Å². The van der Waals surface area contributed by atoms with Gasteiger partial charge in [-0.1, -0.05) is 6.92 Å². The molecule has 0 saturated carbocycles. The number of hydrogen-bond donors (Lipinski definition) is 1. The number of likely N-dealkylation sites (N-methyl/N-ethyl adjacent to an activating group) is 2. The van der Waals surface area contributed by atoms with Crippen LogP contribution in [0.5, 0.6) is 0 Å². The Morgan fingerprint density at radius 2 is 1.90 bits per heavy atom. The maximum Gasteiger partial charge on any atom is 0.234 e. The van der Waals surface area contributed by atoms with E-state index >= 15 is 0 Å². The van der Waals surface area contributed by atoms with Crippen molar-refractivity contribution in [2.75, 3.05) is 19.6 Å². The molecule has 0 aromatic heterocycles. The molecule has 1 aromatic carbocycles. The number of rotatable bonds is 7. The van der Waals surface area contributed by atoms with Gasteiger partial charge in [0.2, 0.25) is 5.91 Å². The van der Waals surface area contributed by atoms with Crippen LogP contribution < -0.4 is 5.32 Å². The second-order valence-electron chi connectivity index (χ2n) is 4.69. The van der Waals surface area contributed by atoms with Crippen LogP contribution in [0.1, 0.15) is 31.1 Å². The third-order valence-electron chi connectivity index (χ3n) is 3.26. The lowest BCUT2D eigenvalue weighted by Gasteiger charge is -2.26. The first-order valence-corrected chi connectivity index (χ1v) is 6.90. The van der Waals surface area contributed by atoms with Crippen molar-refractivity contribution in [3.63, 3.8) is 0 Å². The first kappa shape index (κ1) is 17.2. The summed E-state index contributed by atoms with van der Waals surface area (Å²) in [5.74, 6) is -2.57. The maximum atomic E-state index is 13.2. The molecule has 1 rings (SSSR count). The van der Waals surface area contributed by atoms with Crippen molar-refractivity contribution in [2.24, 2.45) is 0 Å². The molecule has 0 aliphatic rings. The second kappa shape index (κ2) is 7.83. The van der Waals surface area contributed by atoms with Gasteiger partial charge in [0, 0.05) is 12.1 Å². The minimum atomic E-state index is -1.06. The minimum Gasteiger partial charge on any atom is -0.355 e. The summed E-state index contributed by atoms with van der Waals surface area (Å²) >= 11 is 0. The molecule has 1 unspecified atom stereocenters. The van der Waals surface area contributed by atoms with Crippen LogP contribution in [0.25, 0.3) is 0 Å². The molecule has 1 N–H and O–H groups in total. The van der Waals surface area contributed by atoms with Crippen LogP contribution in [0.2, 0.25) is 0 Å². The van der Waals surface area contributed by atoms with Gasteiger partial charge in [-0.2, -0.15) is 0 Å². The van der Waals surface area contributed by atoms with Gasteiger partial charge in [0.15, 0.2) is 17.4 Å². The highest BCUT2D eigenvalue weighted by Crippen LogP contribution is 2.13. The Bertz CT molecular complexity index is 520. The molecule has 21 heavy (non-hydrogen) atoms. The fourth-order valence-electron chi connectivity index (χ4n) is 2.02. The van der Waals surface area contributed by atoms with Gasteiger partial charge < -0.3 is 5.32 Å². The Labute approximate surface area is 123 Å². The summed E-state index contributed by atoms with van der Waals surface area (Å²) in [4.78, 5) is 25.6. The van der Waals surface area contributed by atoms with E-state index in [-0.39, 0.29) is 23.8 Å². The molecule has 0 fully saturated rings. The quantitative estimate of drug-likeness (QED) is 0.783. The number of benzene rings is 1. The summed E-state index contributed by atoms with van der Waals surface area (Å²) in [6.07, 6.45) is 0. The lowest BCUT2D eigenvalue weighted by Crippen LogP contribution is -2.45. The topological polar surface area (TPSA) is 49.4 Å². The van der Waals surface area contributed by atoms with E-state index < -0.39 is 17.7 Å². The molecular weight excluding hydrogens is 278 g/mol. The van der Waals surface area contributed by atoms with Gasteiger partial charge >= 0.3 is 0 Å². The highest BCUT2D eigenvalue weighted by molar-refractivity contribution is 6.00. The van der Waals surface area contributed by atoms with E-state index in [9.17, 15) is 18.4 Å². The van der Waals surface area contributed by atoms with Crippen LogP contribution in [0.15, 0.2) is 18.2 Å². The predicted octanol–water partition coefficient (Wildman–Crippen LogP) is 1.99. The Morgan fingerprint density at radius 1 is 1.24 bits per heavy atom. The van der Waals surface area contributed by atoms with E-state index in [2.05, 4.69) is 5.32 Å². The van der Waals surface area contributed by atoms with Crippen molar-refractivity contribution in [1.29, 1.82) is 0 Å². The maximum absolute atomic E-state index is 13.2. The summed E-state index contributed by atoms with van der Waals surface area (Å²) in [6, 6.07) is 2.46. The zero-order chi connectivity index (χ0) is 16.0. The van der Waals surface area contributed by atoms with Gasteiger partial charge in [-0.05, 0) is 38.6 Å². The molecule has 4 nitrogen and oxygen atoms in total. The molecule has 1 amide bonds. The van der Waals surface area contributed by atoms with Crippen LogP contribution in [0.3, 0.4) is 0 Å². The van der Waals surface area contributed by atoms with Crippen LogP contribution in [-0.2, 0) is 4.79 Å². The van der Waals surface area contributed by atoms with Crippen LogP contribution >= 0.6 is 0 Å². The molecule has 0 aliphatic heterocycles. The first-order valence-electron chi connectivity index (χ1n) is 6.90. The smallest absolute Gasteiger partial charge is 0.234 e. The third-order valence-corrected chi connectivity index (χ3v) is 3.26. The van der Waals surface area contributed by atoms with Gasteiger partial charge in [0.25, 0.3) is 0 Å². The largest absolute Gasteiger partial charge is 0.355 e. The normalized spacial score (nSPS) is 12.3. The molecule has 0 saturated heterocycles. The van der Waals surface area contributed by atoms with Gasteiger partial charge in [-0.3, -0.25) is 14.5 Å².